The van der Waals surface area contributed by atoms with Crippen LogP contribution in [0.4, 0.5) is 0 Å². The average Bonchev–Trinajstić information content (AvgIpc) is 2.59. The third kappa shape index (κ3) is 4.49. The van der Waals surface area contributed by atoms with E-state index in [2.05, 4.69) is 23.6 Å². The molecule has 1 aromatic carbocycles. The minimum Gasteiger partial charge on any atom is -0.497 e. The van der Waals surface area contributed by atoms with Gasteiger partial charge in [0.05, 0.1) is 14.2 Å². The molecule has 1 heterocycles. The van der Waals surface area contributed by atoms with E-state index in [1.165, 1.54) is 7.11 Å². The number of hydrogen-bond acceptors (Lipinski definition) is 6. The minimum absolute atomic E-state index is 0.151. The Morgan fingerprint density at radius 2 is 1.73 bits per heavy atom. The Morgan fingerprint density at radius 3 is 2.23 bits per heavy atom. The SMILES string of the molecule is COc1ccc(S(=O)(=O)N2CC(C)N(CCN(C)C)C(C)C2)c(OC)c1. The van der Waals surface area contributed by atoms with Crippen molar-refractivity contribution in [2.45, 2.75) is 30.8 Å². The Bertz CT molecular complexity index is 696. The quantitative estimate of drug-likeness (QED) is 0.706. The second-order valence-electron chi connectivity index (χ2n) is 7.08. The van der Waals surface area contributed by atoms with Gasteiger partial charge in [0.1, 0.15) is 16.4 Å². The van der Waals surface area contributed by atoms with Crippen molar-refractivity contribution in [2.24, 2.45) is 0 Å². The molecule has 8 heteroatoms. The maximum absolute atomic E-state index is 13.2. The van der Waals surface area contributed by atoms with Crippen molar-refractivity contribution in [1.29, 1.82) is 0 Å². The number of sulfonamides is 1. The number of rotatable bonds is 7. The van der Waals surface area contributed by atoms with E-state index in [-0.39, 0.29) is 17.0 Å². The van der Waals surface area contributed by atoms with E-state index >= 15 is 0 Å². The molecule has 0 spiro atoms. The third-order valence-electron chi connectivity index (χ3n) is 4.86. The van der Waals surface area contributed by atoms with Crippen LogP contribution in [-0.4, -0.2) is 89.1 Å². The molecule has 7 nitrogen and oxygen atoms in total. The summed E-state index contributed by atoms with van der Waals surface area (Å²) >= 11 is 0. The molecule has 1 saturated heterocycles. The number of likely N-dealkylation sites (N-methyl/N-ethyl adjacent to an activating group) is 1. The van der Waals surface area contributed by atoms with Gasteiger partial charge in [-0.25, -0.2) is 8.42 Å². The fraction of sp³-hybridized carbons (Fsp3) is 0.667. The van der Waals surface area contributed by atoms with Crippen LogP contribution in [0.15, 0.2) is 23.1 Å². The van der Waals surface area contributed by atoms with E-state index in [9.17, 15) is 8.42 Å². The summed E-state index contributed by atoms with van der Waals surface area (Å²) in [6, 6.07) is 5.11. The van der Waals surface area contributed by atoms with Crippen LogP contribution in [0.3, 0.4) is 0 Å². The molecule has 2 atom stereocenters. The molecule has 1 aliphatic heterocycles. The zero-order valence-corrected chi connectivity index (χ0v) is 17.4. The molecule has 148 valence electrons. The zero-order valence-electron chi connectivity index (χ0n) is 16.6. The van der Waals surface area contributed by atoms with E-state index < -0.39 is 10.0 Å². The maximum Gasteiger partial charge on any atom is 0.246 e. The summed E-state index contributed by atoms with van der Waals surface area (Å²) < 4.78 is 38.5. The summed E-state index contributed by atoms with van der Waals surface area (Å²) in [5.74, 6) is 0.871. The Hall–Kier alpha value is -1.35. The smallest absolute Gasteiger partial charge is 0.246 e. The van der Waals surface area contributed by atoms with Gasteiger partial charge in [0, 0.05) is 44.3 Å². The van der Waals surface area contributed by atoms with E-state index in [4.69, 9.17) is 9.47 Å². The number of nitrogens with zero attached hydrogens (tertiary/aromatic N) is 3. The van der Waals surface area contributed by atoms with E-state index in [0.717, 1.165) is 13.1 Å². The summed E-state index contributed by atoms with van der Waals surface area (Å²) in [6.07, 6.45) is 0. The Labute approximate surface area is 157 Å². The first kappa shape index (κ1) is 21.0. The van der Waals surface area contributed by atoms with Crippen molar-refractivity contribution in [2.75, 3.05) is 54.5 Å². The summed E-state index contributed by atoms with van der Waals surface area (Å²) in [5, 5.41) is 0. The molecule has 1 aliphatic rings. The maximum atomic E-state index is 13.2. The first-order valence-corrected chi connectivity index (χ1v) is 10.3. The molecule has 0 bridgehead atoms. The van der Waals surface area contributed by atoms with Crippen molar-refractivity contribution in [3.63, 3.8) is 0 Å². The van der Waals surface area contributed by atoms with Crippen LogP contribution in [0, 0.1) is 0 Å². The predicted molar refractivity (Wildman–Crippen MR) is 102 cm³/mol. The lowest BCUT2D eigenvalue weighted by Crippen LogP contribution is -2.58. The largest absolute Gasteiger partial charge is 0.497 e. The lowest BCUT2D eigenvalue weighted by Gasteiger charge is -2.44. The van der Waals surface area contributed by atoms with Gasteiger partial charge in [-0.2, -0.15) is 4.31 Å². The zero-order chi connectivity index (χ0) is 19.5. The van der Waals surface area contributed by atoms with Gasteiger partial charge in [-0.1, -0.05) is 0 Å². The standard InChI is InChI=1S/C18H31N3O4S/c1-14-12-20(13-15(2)21(14)10-9-19(3)4)26(22,23)18-8-7-16(24-5)11-17(18)25-6/h7-8,11,14-15H,9-10,12-13H2,1-6H3. The van der Waals surface area contributed by atoms with Crippen LogP contribution in [0.5, 0.6) is 11.5 Å². The summed E-state index contributed by atoms with van der Waals surface area (Å²) in [7, 11) is 3.47. The highest BCUT2D eigenvalue weighted by molar-refractivity contribution is 7.89. The summed E-state index contributed by atoms with van der Waals surface area (Å²) in [5.41, 5.74) is 0. The molecule has 0 N–H and O–H groups in total. The lowest BCUT2D eigenvalue weighted by atomic mass is 10.1. The normalized spacial score (nSPS) is 22.6. The molecule has 0 amide bonds. The highest BCUT2D eigenvalue weighted by atomic mass is 32.2. The molecule has 0 radical (unpaired) electrons. The first-order valence-electron chi connectivity index (χ1n) is 8.83. The van der Waals surface area contributed by atoms with Crippen LogP contribution in [-0.2, 0) is 10.0 Å². The van der Waals surface area contributed by atoms with Crippen molar-refractivity contribution >= 4 is 10.0 Å². The fourth-order valence-electron chi connectivity index (χ4n) is 3.39. The van der Waals surface area contributed by atoms with Gasteiger partial charge < -0.3 is 14.4 Å². The topological polar surface area (TPSA) is 62.3 Å². The second kappa shape index (κ2) is 8.56. The monoisotopic (exact) mass is 385 g/mol. The van der Waals surface area contributed by atoms with Crippen LogP contribution in [0.1, 0.15) is 13.8 Å². The summed E-state index contributed by atoms with van der Waals surface area (Å²) in [4.78, 5) is 4.70. The minimum atomic E-state index is -3.63. The molecule has 1 aromatic rings. The molecule has 0 aromatic heterocycles. The van der Waals surface area contributed by atoms with E-state index in [1.54, 1.807) is 29.6 Å². The predicted octanol–water partition coefficient (Wildman–Crippen LogP) is 1.35. The van der Waals surface area contributed by atoms with Gasteiger partial charge in [0.15, 0.2) is 0 Å². The Kier molecular flexibility index (Phi) is 6.90. The number of ether oxygens (including phenoxy) is 2. The molecule has 0 aliphatic carbocycles. The lowest BCUT2D eigenvalue weighted by molar-refractivity contribution is 0.0707. The molecular weight excluding hydrogens is 354 g/mol. The van der Waals surface area contributed by atoms with Crippen molar-refractivity contribution in [3.05, 3.63) is 18.2 Å². The van der Waals surface area contributed by atoms with Gasteiger partial charge in [-0.15, -0.1) is 0 Å². The highest BCUT2D eigenvalue weighted by Crippen LogP contribution is 2.32. The number of benzene rings is 1. The highest BCUT2D eigenvalue weighted by Gasteiger charge is 2.37. The number of piperazine rings is 1. The van der Waals surface area contributed by atoms with E-state index in [1.807, 2.05) is 14.1 Å². The van der Waals surface area contributed by atoms with Crippen molar-refractivity contribution in [3.8, 4) is 11.5 Å². The van der Waals surface area contributed by atoms with Gasteiger partial charge in [-0.05, 0) is 40.1 Å². The van der Waals surface area contributed by atoms with Crippen LogP contribution in [0.25, 0.3) is 0 Å². The third-order valence-corrected chi connectivity index (χ3v) is 6.73. The second-order valence-corrected chi connectivity index (χ2v) is 8.98. The Balaban J connectivity index is 2.23. The molecular formula is C18H31N3O4S. The molecule has 0 saturated carbocycles. The number of hydrogen-bond donors (Lipinski definition) is 0. The molecule has 26 heavy (non-hydrogen) atoms. The first-order chi connectivity index (χ1) is 12.2. The van der Waals surface area contributed by atoms with Gasteiger partial charge in [0.2, 0.25) is 10.0 Å². The fourth-order valence-corrected chi connectivity index (χ4v) is 5.13. The Morgan fingerprint density at radius 1 is 1.12 bits per heavy atom. The van der Waals surface area contributed by atoms with Crippen LogP contribution >= 0.6 is 0 Å². The average molecular weight is 386 g/mol. The molecule has 2 unspecified atom stereocenters. The number of methoxy groups -OCH3 is 2. The van der Waals surface area contributed by atoms with Crippen molar-refractivity contribution in [1.82, 2.24) is 14.1 Å². The van der Waals surface area contributed by atoms with Crippen LogP contribution < -0.4 is 9.47 Å². The summed E-state index contributed by atoms with van der Waals surface area (Å²) in [6.45, 7) is 6.98. The van der Waals surface area contributed by atoms with Crippen molar-refractivity contribution < 1.29 is 17.9 Å². The molecule has 1 fully saturated rings. The van der Waals surface area contributed by atoms with Gasteiger partial charge in [0.25, 0.3) is 0 Å². The molecule has 2 rings (SSSR count). The van der Waals surface area contributed by atoms with E-state index in [0.29, 0.717) is 24.6 Å². The van der Waals surface area contributed by atoms with Gasteiger partial charge >= 0.3 is 0 Å². The van der Waals surface area contributed by atoms with Gasteiger partial charge in [-0.3, -0.25) is 4.90 Å². The van der Waals surface area contributed by atoms with Crippen LogP contribution in [0.2, 0.25) is 0 Å².